The Kier molecular flexibility index (Phi) is 3.56. The molecule has 1 aliphatic rings. The number of nitrogens with zero attached hydrogens (tertiary/aromatic N) is 1. The first kappa shape index (κ1) is 14.9. The standard InChI is InChI=1S/C18H13BFNO3/c20-15-4-1-12(2-5-15)18(22)13-7-8-21(10-13)16-6-3-14-11-24-19(23)17(14)9-16/h1-10,23H,11H2. The summed E-state index contributed by atoms with van der Waals surface area (Å²) in [5.74, 6) is -0.540. The summed E-state index contributed by atoms with van der Waals surface area (Å²) in [5, 5.41) is 9.80. The van der Waals surface area contributed by atoms with Crippen LogP contribution < -0.4 is 5.46 Å². The van der Waals surface area contributed by atoms with Crippen molar-refractivity contribution in [3.05, 3.63) is 83.4 Å². The zero-order chi connectivity index (χ0) is 16.7. The quantitative estimate of drug-likeness (QED) is 0.593. The van der Waals surface area contributed by atoms with Crippen LogP contribution in [0, 0.1) is 5.82 Å². The summed E-state index contributed by atoms with van der Waals surface area (Å²) in [4.78, 5) is 12.4. The van der Waals surface area contributed by atoms with Gasteiger partial charge in [0.2, 0.25) is 0 Å². The highest BCUT2D eigenvalue weighted by molar-refractivity contribution is 6.61. The van der Waals surface area contributed by atoms with Crippen molar-refractivity contribution in [3.63, 3.8) is 0 Å². The third kappa shape index (κ3) is 2.56. The Morgan fingerprint density at radius 1 is 1.12 bits per heavy atom. The van der Waals surface area contributed by atoms with Gasteiger partial charge in [-0.05, 0) is 53.5 Å². The van der Waals surface area contributed by atoms with Gasteiger partial charge in [0.05, 0.1) is 6.61 Å². The highest BCUT2D eigenvalue weighted by atomic mass is 19.1. The van der Waals surface area contributed by atoms with E-state index in [2.05, 4.69) is 0 Å². The van der Waals surface area contributed by atoms with Gasteiger partial charge in [-0.1, -0.05) is 6.07 Å². The largest absolute Gasteiger partial charge is 0.491 e. The maximum atomic E-state index is 13.0. The summed E-state index contributed by atoms with van der Waals surface area (Å²) < 4.78 is 20.0. The molecule has 6 heteroatoms. The first-order chi connectivity index (χ1) is 11.6. The highest BCUT2D eigenvalue weighted by Crippen LogP contribution is 2.17. The van der Waals surface area contributed by atoms with Crippen LogP contribution >= 0.6 is 0 Å². The molecule has 0 bridgehead atoms. The van der Waals surface area contributed by atoms with Crippen LogP contribution in [0.2, 0.25) is 0 Å². The molecular formula is C18H13BFNO3. The van der Waals surface area contributed by atoms with E-state index in [0.29, 0.717) is 17.7 Å². The van der Waals surface area contributed by atoms with E-state index < -0.39 is 7.12 Å². The SMILES string of the molecule is O=C(c1ccc(F)cc1)c1ccn(-c2ccc3c(c2)B(O)OC3)c1. The maximum absolute atomic E-state index is 13.0. The minimum atomic E-state index is -0.907. The normalized spacial score (nSPS) is 13.2. The monoisotopic (exact) mass is 321 g/mol. The molecule has 2 heterocycles. The average Bonchev–Trinajstić information content (AvgIpc) is 3.22. The van der Waals surface area contributed by atoms with E-state index in [9.17, 15) is 14.2 Å². The molecule has 1 aromatic heterocycles. The van der Waals surface area contributed by atoms with Crippen molar-refractivity contribution in [2.24, 2.45) is 0 Å². The molecule has 2 aromatic carbocycles. The van der Waals surface area contributed by atoms with Gasteiger partial charge in [-0.2, -0.15) is 0 Å². The molecule has 1 aliphatic heterocycles. The van der Waals surface area contributed by atoms with Crippen molar-refractivity contribution in [2.45, 2.75) is 6.61 Å². The summed E-state index contributed by atoms with van der Waals surface area (Å²) in [6, 6.07) is 12.9. The molecule has 0 amide bonds. The number of hydrogen-bond acceptors (Lipinski definition) is 3. The Morgan fingerprint density at radius 3 is 2.71 bits per heavy atom. The molecule has 0 unspecified atom stereocenters. The number of carbonyl (C=O) groups is 1. The predicted octanol–water partition coefficient (Wildman–Crippen LogP) is 2.07. The molecule has 0 saturated heterocycles. The fourth-order valence-corrected chi connectivity index (χ4v) is 2.82. The van der Waals surface area contributed by atoms with Gasteiger partial charge in [0.1, 0.15) is 5.82 Å². The van der Waals surface area contributed by atoms with Gasteiger partial charge < -0.3 is 14.2 Å². The van der Waals surface area contributed by atoms with Gasteiger partial charge in [0, 0.05) is 29.2 Å². The van der Waals surface area contributed by atoms with Gasteiger partial charge in [-0.15, -0.1) is 0 Å². The molecule has 118 valence electrons. The molecule has 4 nitrogen and oxygen atoms in total. The minimum Gasteiger partial charge on any atom is -0.423 e. The molecule has 0 aliphatic carbocycles. The van der Waals surface area contributed by atoms with Crippen molar-refractivity contribution < 1.29 is 18.9 Å². The summed E-state index contributed by atoms with van der Waals surface area (Å²) in [7, 11) is -0.907. The zero-order valence-corrected chi connectivity index (χ0v) is 12.6. The van der Waals surface area contributed by atoms with Crippen LogP contribution in [-0.2, 0) is 11.3 Å². The van der Waals surface area contributed by atoms with Crippen molar-refractivity contribution in [1.29, 1.82) is 0 Å². The lowest BCUT2D eigenvalue weighted by molar-refractivity contribution is 0.103. The zero-order valence-electron chi connectivity index (χ0n) is 12.6. The molecule has 0 spiro atoms. The number of halogens is 1. The summed E-state index contributed by atoms with van der Waals surface area (Å²) >= 11 is 0. The van der Waals surface area contributed by atoms with Crippen LogP contribution in [0.3, 0.4) is 0 Å². The number of fused-ring (bicyclic) bond motifs is 1. The smallest absolute Gasteiger partial charge is 0.423 e. The first-order valence-corrected chi connectivity index (χ1v) is 7.53. The van der Waals surface area contributed by atoms with E-state index in [4.69, 9.17) is 4.65 Å². The van der Waals surface area contributed by atoms with Crippen molar-refractivity contribution in [2.75, 3.05) is 0 Å². The fraction of sp³-hybridized carbons (Fsp3) is 0.0556. The molecule has 0 atom stereocenters. The van der Waals surface area contributed by atoms with Crippen LogP contribution in [0.25, 0.3) is 5.69 Å². The van der Waals surface area contributed by atoms with Gasteiger partial charge in [0.25, 0.3) is 0 Å². The van der Waals surface area contributed by atoms with Crippen LogP contribution in [0.1, 0.15) is 21.5 Å². The van der Waals surface area contributed by atoms with Crippen LogP contribution in [0.4, 0.5) is 4.39 Å². The Morgan fingerprint density at radius 2 is 1.92 bits per heavy atom. The lowest BCUT2D eigenvalue weighted by atomic mass is 9.79. The van der Waals surface area contributed by atoms with Crippen molar-refractivity contribution in [1.82, 2.24) is 4.57 Å². The van der Waals surface area contributed by atoms with Crippen LogP contribution in [-0.4, -0.2) is 22.5 Å². The second-order valence-corrected chi connectivity index (χ2v) is 5.69. The second kappa shape index (κ2) is 5.74. The van der Waals surface area contributed by atoms with E-state index >= 15 is 0 Å². The summed E-state index contributed by atoms with van der Waals surface area (Å²) in [5.41, 5.74) is 3.48. The summed E-state index contributed by atoms with van der Waals surface area (Å²) in [6.07, 6.45) is 3.50. The molecule has 24 heavy (non-hydrogen) atoms. The molecule has 0 fully saturated rings. The number of rotatable bonds is 3. The van der Waals surface area contributed by atoms with Crippen molar-refractivity contribution >= 4 is 18.4 Å². The third-order valence-electron chi connectivity index (χ3n) is 4.15. The lowest BCUT2D eigenvalue weighted by Crippen LogP contribution is -2.28. The fourth-order valence-electron chi connectivity index (χ4n) is 2.82. The molecule has 0 radical (unpaired) electrons. The van der Waals surface area contributed by atoms with Crippen LogP contribution in [0.15, 0.2) is 60.9 Å². The van der Waals surface area contributed by atoms with E-state index in [1.54, 1.807) is 18.5 Å². The van der Waals surface area contributed by atoms with E-state index in [-0.39, 0.29) is 11.6 Å². The predicted molar refractivity (Wildman–Crippen MR) is 88.0 cm³/mol. The van der Waals surface area contributed by atoms with Crippen molar-refractivity contribution in [3.8, 4) is 5.69 Å². The van der Waals surface area contributed by atoms with E-state index in [0.717, 1.165) is 16.7 Å². The Balaban J connectivity index is 1.64. The van der Waals surface area contributed by atoms with Crippen LogP contribution in [0.5, 0.6) is 0 Å². The first-order valence-electron chi connectivity index (χ1n) is 7.53. The van der Waals surface area contributed by atoms with E-state index in [1.807, 2.05) is 22.8 Å². The molecule has 1 N–H and O–H groups in total. The Hall–Kier alpha value is -2.70. The van der Waals surface area contributed by atoms with Gasteiger partial charge >= 0.3 is 7.12 Å². The lowest BCUT2D eigenvalue weighted by Gasteiger charge is -2.06. The highest BCUT2D eigenvalue weighted by Gasteiger charge is 2.27. The number of carbonyl (C=O) groups excluding carboxylic acids is 1. The van der Waals surface area contributed by atoms with Gasteiger partial charge in [-0.25, -0.2) is 4.39 Å². The number of benzene rings is 2. The Labute approximate surface area is 138 Å². The average molecular weight is 321 g/mol. The topological polar surface area (TPSA) is 51.5 Å². The molecule has 4 rings (SSSR count). The van der Waals surface area contributed by atoms with E-state index in [1.165, 1.54) is 24.3 Å². The second-order valence-electron chi connectivity index (χ2n) is 5.69. The number of aromatic nitrogens is 1. The maximum Gasteiger partial charge on any atom is 0.491 e. The Bertz CT molecular complexity index is 920. The number of hydrogen-bond donors (Lipinski definition) is 1. The van der Waals surface area contributed by atoms with Gasteiger partial charge in [-0.3, -0.25) is 4.79 Å². The molecular weight excluding hydrogens is 308 g/mol. The third-order valence-corrected chi connectivity index (χ3v) is 4.15. The van der Waals surface area contributed by atoms with Gasteiger partial charge in [0.15, 0.2) is 5.78 Å². The summed E-state index contributed by atoms with van der Waals surface area (Å²) in [6.45, 7) is 0.400. The molecule has 0 saturated carbocycles. The molecule has 3 aromatic rings. The minimum absolute atomic E-state index is 0.168. The number of ketones is 1.